The second-order valence-electron chi connectivity index (χ2n) is 7.78. The fourth-order valence-electron chi connectivity index (χ4n) is 5.00. The highest BCUT2D eigenvalue weighted by Gasteiger charge is 2.35. The lowest BCUT2D eigenvalue weighted by molar-refractivity contribution is 0.124. The molecule has 0 aliphatic heterocycles. The highest BCUT2D eigenvalue weighted by atomic mass is 19.1. The van der Waals surface area contributed by atoms with Gasteiger partial charge in [0, 0.05) is 5.39 Å². The normalized spacial score (nSPS) is 31.1. The molecule has 0 amide bonds. The molecular formula is C21H24F2. The Labute approximate surface area is 136 Å². The molecule has 0 saturated heterocycles. The van der Waals surface area contributed by atoms with Gasteiger partial charge < -0.3 is 0 Å². The Balaban J connectivity index is 1.63. The van der Waals surface area contributed by atoms with Gasteiger partial charge >= 0.3 is 0 Å². The van der Waals surface area contributed by atoms with E-state index in [9.17, 15) is 8.78 Å². The Hall–Kier alpha value is -1.44. The molecule has 0 spiro atoms. The summed E-state index contributed by atoms with van der Waals surface area (Å²) in [6.07, 6.45) is 7.37. The molecule has 23 heavy (non-hydrogen) atoms. The number of fused-ring (bicyclic) bond motifs is 2. The average Bonchev–Trinajstić information content (AvgIpc) is 2.55. The summed E-state index contributed by atoms with van der Waals surface area (Å²) in [6.45, 7) is 2.36. The number of hydrogen-bond acceptors (Lipinski definition) is 0. The van der Waals surface area contributed by atoms with Crippen LogP contribution < -0.4 is 0 Å². The predicted molar refractivity (Wildman–Crippen MR) is 90.5 cm³/mol. The van der Waals surface area contributed by atoms with Crippen LogP contribution in [0, 0.1) is 29.4 Å². The molecule has 4 rings (SSSR count). The zero-order chi connectivity index (χ0) is 16.0. The van der Waals surface area contributed by atoms with E-state index in [-0.39, 0.29) is 11.6 Å². The first-order chi connectivity index (χ1) is 11.1. The van der Waals surface area contributed by atoms with Gasteiger partial charge in [-0.25, -0.2) is 8.78 Å². The van der Waals surface area contributed by atoms with E-state index in [1.165, 1.54) is 37.8 Å². The fraction of sp³-hybridized carbons (Fsp3) is 0.524. The third-order valence-electron chi connectivity index (χ3n) is 6.26. The van der Waals surface area contributed by atoms with E-state index in [0.29, 0.717) is 11.3 Å². The maximum Gasteiger partial charge on any atom is 0.131 e. The lowest BCUT2D eigenvalue weighted by atomic mass is 9.64. The zero-order valence-corrected chi connectivity index (χ0v) is 13.7. The maximum atomic E-state index is 14.6. The monoisotopic (exact) mass is 314 g/mol. The van der Waals surface area contributed by atoms with Crippen LogP contribution in [0.1, 0.15) is 56.9 Å². The molecule has 2 fully saturated rings. The van der Waals surface area contributed by atoms with Crippen LogP contribution in [-0.2, 0) is 0 Å². The van der Waals surface area contributed by atoms with E-state index in [0.717, 1.165) is 41.5 Å². The van der Waals surface area contributed by atoms with Crippen molar-refractivity contribution in [2.24, 2.45) is 17.8 Å². The van der Waals surface area contributed by atoms with Gasteiger partial charge in [-0.15, -0.1) is 0 Å². The average molecular weight is 314 g/mol. The van der Waals surface area contributed by atoms with Crippen LogP contribution in [0.25, 0.3) is 10.8 Å². The van der Waals surface area contributed by atoms with Crippen molar-refractivity contribution in [1.29, 1.82) is 0 Å². The number of benzene rings is 2. The molecule has 0 aromatic heterocycles. The van der Waals surface area contributed by atoms with E-state index in [2.05, 4.69) is 6.92 Å². The lowest BCUT2D eigenvalue weighted by Gasteiger charge is -2.41. The summed E-state index contributed by atoms with van der Waals surface area (Å²) in [6, 6.07) is 8.28. The highest BCUT2D eigenvalue weighted by Crippen LogP contribution is 2.48. The topological polar surface area (TPSA) is 0 Å². The van der Waals surface area contributed by atoms with Gasteiger partial charge in [0.1, 0.15) is 11.6 Å². The molecule has 4 unspecified atom stereocenters. The van der Waals surface area contributed by atoms with Gasteiger partial charge in [-0.2, -0.15) is 0 Å². The van der Waals surface area contributed by atoms with Gasteiger partial charge in [0.25, 0.3) is 0 Å². The van der Waals surface area contributed by atoms with Crippen molar-refractivity contribution in [3.8, 4) is 0 Å². The Morgan fingerprint density at radius 3 is 2.52 bits per heavy atom. The van der Waals surface area contributed by atoms with E-state index in [1.54, 1.807) is 6.07 Å². The van der Waals surface area contributed by atoms with Gasteiger partial charge in [0.2, 0.25) is 0 Å². The van der Waals surface area contributed by atoms with Crippen LogP contribution in [0.3, 0.4) is 0 Å². The molecule has 2 aromatic rings. The molecule has 2 saturated carbocycles. The minimum Gasteiger partial charge on any atom is -0.207 e. The summed E-state index contributed by atoms with van der Waals surface area (Å²) in [4.78, 5) is 0. The van der Waals surface area contributed by atoms with E-state index < -0.39 is 0 Å². The molecule has 0 heterocycles. The molecular weight excluding hydrogens is 290 g/mol. The molecule has 0 N–H and O–H groups in total. The first-order valence-electron chi connectivity index (χ1n) is 8.99. The van der Waals surface area contributed by atoms with Gasteiger partial charge in [-0.3, -0.25) is 0 Å². The minimum atomic E-state index is -0.335. The molecule has 2 aliphatic rings. The molecule has 2 aliphatic carbocycles. The molecule has 2 heteroatoms. The SMILES string of the molecule is CC1CCC2CC(c3cc4cccc(F)c4cc3F)CCC2C1. The molecule has 0 radical (unpaired) electrons. The molecule has 2 aromatic carbocycles. The summed E-state index contributed by atoms with van der Waals surface area (Å²) in [5.41, 5.74) is 0.806. The summed E-state index contributed by atoms with van der Waals surface area (Å²) in [5.74, 6) is 2.20. The zero-order valence-electron chi connectivity index (χ0n) is 13.7. The van der Waals surface area contributed by atoms with Crippen LogP contribution in [0.4, 0.5) is 8.78 Å². The van der Waals surface area contributed by atoms with E-state index in [1.807, 2.05) is 12.1 Å². The van der Waals surface area contributed by atoms with Gasteiger partial charge in [0.15, 0.2) is 0 Å². The third-order valence-corrected chi connectivity index (χ3v) is 6.26. The summed E-state index contributed by atoms with van der Waals surface area (Å²) >= 11 is 0. The van der Waals surface area contributed by atoms with E-state index in [4.69, 9.17) is 0 Å². The number of halogens is 2. The maximum absolute atomic E-state index is 14.6. The Bertz CT molecular complexity index is 721. The first kappa shape index (κ1) is 15.1. The summed E-state index contributed by atoms with van der Waals surface area (Å²) in [7, 11) is 0. The smallest absolute Gasteiger partial charge is 0.131 e. The minimum absolute atomic E-state index is 0.227. The van der Waals surface area contributed by atoms with Crippen molar-refractivity contribution in [3.63, 3.8) is 0 Å². The van der Waals surface area contributed by atoms with Gasteiger partial charge in [-0.05, 0) is 84.9 Å². The highest BCUT2D eigenvalue weighted by molar-refractivity contribution is 5.84. The number of hydrogen-bond donors (Lipinski definition) is 0. The lowest BCUT2D eigenvalue weighted by Crippen LogP contribution is -2.29. The second kappa shape index (κ2) is 5.89. The Kier molecular flexibility index (Phi) is 3.87. The van der Waals surface area contributed by atoms with Crippen LogP contribution in [0.2, 0.25) is 0 Å². The standard InChI is InChI=1S/C21H24F2/c1-13-5-6-15-10-17(8-7-14(15)9-13)18-11-16-3-2-4-20(22)19(16)12-21(18)23/h2-4,11-15,17H,5-10H2,1H3. The van der Waals surface area contributed by atoms with Gasteiger partial charge in [-0.1, -0.05) is 25.5 Å². The number of rotatable bonds is 1. The molecule has 0 bridgehead atoms. The van der Waals surface area contributed by atoms with Crippen LogP contribution in [-0.4, -0.2) is 0 Å². The van der Waals surface area contributed by atoms with Crippen LogP contribution in [0.5, 0.6) is 0 Å². The van der Waals surface area contributed by atoms with Crippen molar-refractivity contribution < 1.29 is 8.78 Å². The van der Waals surface area contributed by atoms with Crippen molar-refractivity contribution in [3.05, 3.63) is 47.5 Å². The van der Waals surface area contributed by atoms with Crippen molar-refractivity contribution in [1.82, 2.24) is 0 Å². The third kappa shape index (κ3) is 2.77. The van der Waals surface area contributed by atoms with E-state index >= 15 is 0 Å². The summed E-state index contributed by atoms with van der Waals surface area (Å²) < 4.78 is 28.4. The van der Waals surface area contributed by atoms with Crippen LogP contribution >= 0.6 is 0 Å². The Morgan fingerprint density at radius 1 is 0.870 bits per heavy atom. The quantitative estimate of drug-likeness (QED) is 0.568. The van der Waals surface area contributed by atoms with Crippen molar-refractivity contribution in [2.45, 2.75) is 51.4 Å². The molecule has 122 valence electrons. The largest absolute Gasteiger partial charge is 0.207 e. The van der Waals surface area contributed by atoms with Crippen molar-refractivity contribution >= 4 is 10.8 Å². The predicted octanol–water partition coefficient (Wildman–Crippen LogP) is 6.44. The Morgan fingerprint density at radius 2 is 1.65 bits per heavy atom. The summed E-state index contributed by atoms with van der Waals surface area (Å²) in [5, 5.41) is 1.22. The van der Waals surface area contributed by atoms with Gasteiger partial charge in [0.05, 0.1) is 0 Å². The van der Waals surface area contributed by atoms with Crippen LogP contribution in [0.15, 0.2) is 30.3 Å². The van der Waals surface area contributed by atoms with Crippen molar-refractivity contribution in [2.75, 3.05) is 0 Å². The first-order valence-corrected chi connectivity index (χ1v) is 8.99. The molecule has 4 atom stereocenters. The second-order valence-corrected chi connectivity index (χ2v) is 7.78. The fourth-order valence-corrected chi connectivity index (χ4v) is 5.00. The molecule has 0 nitrogen and oxygen atoms in total.